The Bertz CT molecular complexity index is 638. The van der Waals surface area contributed by atoms with Crippen molar-refractivity contribution in [2.45, 2.75) is 32.2 Å². The number of aromatic nitrogens is 2. The van der Waals surface area contributed by atoms with Crippen molar-refractivity contribution >= 4 is 5.82 Å². The second-order valence-corrected chi connectivity index (χ2v) is 5.71. The maximum Gasteiger partial charge on any atom is 0.134 e. The zero-order valence-corrected chi connectivity index (χ0v) is 12.8. The van der Waals surface area contributed by atoms with E-state index in [1.807, 2.05) is 25.1 Å². The Kier molecular flexibility index (Phi) is 3.78. The van der Waals surface area contributed by atoms with Gasteiger partial charge in [0.05, 0.1) is 7.11 Å². The van der Waals surface area contributed by atoms with Crippen LogP contribution in [-0.2, 0) is 6.54 Å². The minimum atomic E-state index is 0.578. The standard InChI is InChI=1S/C17H21N3O/c1-12-9-16(19-17(18-12)14-7-8-14)20(2)11-13-5-4-6-15(10-13)21-3/h4-6,9-10,14H,7-8,11H2,1-3H3. The van der Waals surface area contributed by atoms with Gasteiger partial charge in [-0.2, -0.15) is 0 Å². The van der Waals surface area contributed by atoms with Crippen molar-refractivity contribution in [1.82, 2.24) is 9.97 Å². The highest BCUT2D eigenvalue weighted by molar-refractivity contribution is 5.41. The van der Waals surface area contributed by atoms with E-state index in [1.165, 1.54) is 18.4 Å². The molecule has 1 aliphatic carbocycles. The highest BCUT2D eigenvalue weighted by Gasteiger charge is 2.27. The van der Waals surface area contributed by atoms with Crippen LogP contribution >= 0.6 is 0 Å². The summed E-state index contributed by atoms with van der Waals surface area (Å²) in [5.41, 5.74) is 2.25. The van der Waals surface area contributed by atoms with Gasteiger partial charge in [0.2, 0.25) is 0 Å². The smallest absolute Gasteiger partial charge is 0.134 e. The first-order chi connectivity index (χ1) is 10.2. The van der Waals surface area contributed by atoms with Crippen LogP contribution in [0, 0.1) is 6.92 Å². The second-order valence-electron chi connectivity index (χ2n) is 5.71. The van der Waals surface area contributed by atoms with Crippen LogP contribution < -0.4 is 9.64 Å². The fraction of sp³-hybridized carbons (Fsp3) is 0.412. The first kappa shape index (κ1) is 13.9. The van der Waals surface area contributed by atoms with Gasteiger partial charge in [0.25, 0.3) is 0 Å². The first-order valence-corrected chi connectivity index (χ1v) is 7.35. The number of nitrogens with zero attached hydrogens (tertiary/aromatic N) is 3. The van der Waals surface area contributed by atoms with Gasteiger partial charge in [-0.3, -0.25) is 0 Å². The molecule has 1 aromatic heterocycles. The van der Waals surface area contributed by atoms with Crippen molar-refractivity contribution in [1.29, 1.82) is 0 Å². The number of hydrogen-bond acceptors (Lipinski definition) is 4. The van der Waals surface area contributed by atoms with Gasteiger partial charge in [0.1, 0.15) is 17.4 Å². The summed E-state index contributed by atoms with van der Waals surface area (Å²) in [6.45, 7) is 2.84. The van der Waals surface area contributed by atoms with Crippen LogP contribution in [-0.4, -0.2) is 24.1 Å². The summed E-state index contributed by atoms with van der Waals surface area (Å²) in [4.78, 5) is 11.4. The average Bonchev–Trinajstić information content (AvgIpc) is 3.31. The maximum absolute atomic E-state index is 5.28. The van der Waals surface area contributed by atoms with Gasteiger partial charge in [-0.05, 0) is 37.5 Å². The van der Waals surface area contributed by atoms with E-state index in [1.54, 1.807) is 7.11 Å². The molecule has 1 heterocycles. The van der Waals surface area contributed by atoms with Crippen molar-refractivity contribution in [2.75, 3.05) is 19.1 Å². The fourth-order valence-corrected chi connectivity index (χ4v) is 2.42. The molecule has 21 heavy (non-hydrogen) atoms. The quantitative estimate of drug-likeness (QED) is 0.844. The van der Waals surface area contributed by atoms with Crippen LogP contribution in [0.1, 0.15) is 35.8 Å². The lowest BCUT2D eigenvalue weighted by atomic mass is 10.2. The van der Waals surface area contributed by atoms with Gasteiger partial charge in [-0.25, -0.2) is 9.97 Å². The number of methoxy groups -OCH3 is 1. The predicted octanol–water partition coefficient (Wildman–Crippen LogP) is 3.31. The minimum absolute atomic E-state index is 0.578. The topological polar surface area (TPSA) is 38.2 Å². The van der Waals surface area contributed by atoms with Crippen LogP contribution in [0.5, 0.6) is 5.75 Å². The highest BCUT2D eigenvalue weighted by Crippen LogP contribution is 2.38. The lowest BCUT2D eigenvalue weighted by Gasteiger charge is -2.19. The zero-order valence-electron chi connectivity index (χ0n) is 12.8. The van der Waals surface area contributed by atoms with Gasteiger partial charge >= 0.3 is 0 Å². The molecule has 2 aromatic rings. The van der Waals surface area contributed by atoms with E-state index in [2.05, 4.69) is 29.1 Å². The molecule has 0 saturated heterocycles. The molecule has 0 N–H and O–H groups in total. The van der Waals surface area contributed by atoms with Crippen LogP contribution in [0.15, 0.2) is 30.3 Å². The molecule has 0 radical (unpaired) electrons. The van der Waals surface area contributed by atoms with E-state index < -0.39 is 0 Å². The summed E-state index contributed by atoms with van der Waals surface area (Å²) < 4.78 is 5.28. The SMILES string of the molecule is COc1cccc(CN(C)c2cc(C)nc(C3CC3)n2)c1. The van der Waals surface area contributed by atoms with E-state index in [0.717, 1.165) is 29.6 Å². The van der Waals surface area contributed by atoms with E-state index in [0.29, 0.717) is 5.92 Å². The molecule has 1 saturated carbocycles. The average molecular weight is 283 g/mol. The minimum Gasteiger partial charge on any atom is -0.497 e. The third-order valence-electron chi connectivity index (χ3n) is 3.75. The summed E-state index contributed by atoms with van der Waals surface area (Å²) in [6, 6.07) is 10.2. The van der Waals surface area contributed by atoms with Crippen molar-refractivity contribution in [2.24, 2.45) is 0 Å². The van der Waals surface area contributed by atoms with Crippen molar-refractivity contribution in [3.8, 4) is 5.75 Å². The van der Waals surface area contributed by atoms with Gasteiger partial charge in [-0.15, -0.1) is 0 Å². The number of ether oxygens (including phenoxy) is 1. The Morgan fingerprint density at radius 3 is 2.76 bits per heavy atom. The van der Waals surface area contributed by atoms with Gasteiger partial charge < -0.3 is 9.64 Å². The summed E-state index contributed by atoms with van der Waals surface area (Å²) >= 11 is 0. The Morgan fingerprint density at radius 1 is 1.24 bits per heavy atom. The van der Waals surface area contributed by atoms with Gasteiger partial charge in [0, 0.05) is 31.3 Å². The molecule has 4 heteroatoms. The van der Waals surface area contributed by atoms with E-state index in [4.69, 9.17) is 9.72 Å². The van der Waals surface area contributed by atoms with Crippen LogP contribution in [0.4, 0.5) is 5.82 Å². The molecule has 3 rings (SSSR count). The molecular formula is C17H21N3O. The normalized spacial score (nSPS) is 14.0. The Hall–Kier alpha value is -2.10. The molecule has 4 nitrogen and oxygen atoms in total. The molecule has 0 bridgehead atoms. The van der Waals surface area contributed by atoms with Crippen LogP contribution in [0.25, 0.3) is 0 Å². The highest BCUT2D eigenvalue weighted by atomic mass is 16.5. The predicted molar refractivity (Wildman–Crippen MR) is 83.8 cm³/mol. The van der Waals surface area contributed by atoms with Crippen molar-refractivity contribution in [3.63, 3.8) is 0 Å². The molecule has 110 valence electrons. The Labute approximate surface area is 125 Å². The third kappa shape index (κ3) is 3.32. The molecule has 0 amide bonds. The number of anilines is 1. The van der Waals surface area contributed by atoms with Gasteiger partial charge in [-0.1, -0.05) is 12.1 Å². The molecule has 1 aliphatic rings. The molecule has 0 spiro atoms. The fourth-order valence-electron chi connectivity index (χ4n) is 2.42. The number of benzene rings is 1. The lowest BCUT2D eigenvalue weighted by molar-refractivity contribution is 0.414. The van der Waals surface area contributed by atoms with Crippen LogP contribution in [0.2, 0.25) is 0 Å². The monoisotopic (exact) mass is 283 g/mol. The number of hydrogen-bond donors (Lipinski definition) is 0. The summed E-state index contributed by atoms with van der Waals surface area (Å²) in [5.74, 6) is 3.46. The number of rotatable bonds is 5. The van der Waals surface area contributed by atoms with E-state index in [9.17, 15) is 0 Å². The van der Waals surface area contributed by atoms with Gasteiger partial charge in [0.15, 0.2) is 0 Å². The Morgan fingerprint density at radius 2 is 2.05 bits per heavy atom. The molecule has 0 unspecified atom stereocenters. The summed E-state index contributed by atoms with van der Waals surface area (Å²) in [6.07, 6.45) is 2.45. The summed E-state index contributed by atoms with van der Waals surface area (Å²) in [5, 5.41) is 0. The number of aryl methyl sites for hydroxylation is 1. The largest absolute Gasteiger partial charge is 0.497 e. The zero-order chi connectivity index (χ0) is 14.8. The first-order valence-electron chi connectivity index (χ1n) is 7.35. The third-order valence-corrected chi connectivity index (χ3v) is 3.75. The van der Waals surface area contributed by atoms with Crippen molar-refractivity contribution in [3.05, 3.63) is 47.4 Å². The summed E-state index contributed by atoms with van der Waals surface area (Å²) in [7, 11) is 3.76. The Balaban J connectivity index is 1.79. The molecule has 0 atom stereocenters. The van der Waals surface area contributed by atoms with Crippen LogP contribution in [0.3, 0.4) is 0 Å². The second kappa shape index (κ2) is 5.72. The molecule has 1 fully saturated rings. The lowest BCUT2D eigenvalue weighted by Crippen LogP contribution is -2.19. The molecule has 0 aliphatic heterocycles. The maximum atomic E-state index is 5.28. The molecular weight excluding hydrogens is 262 g/mol. The van der Waals surface area contributed by atoms with E-state index >= 15 is 0 Å². The van der Waals surface area contributed by atoms with Crippen molar-refractivity contribution < 1.29 is 4.74 Å². The molecule has 1 aromatic carbocycles. The van der Waals surface area contributed by atoms with E-state index in [-0.39, 0.29) is 0 Å².